The Kier molecular flexibility index (Phi) is 6.79. The van der Waals surface area contributed by atoms with E-state index in [0.717, 1.165) is 5.56 Å². The van der Waals surface area contributed by atoms with Crippen LogP contribution in [0.3, 0.4) is 0 Å². The Morgan fingerprint density at radius 2 is 1.89 bits per heavy atom. The van der Waals surface area contributed by atoms with Gasteiger partial charge in [0.1, 0.15) is 23.2 Å². The molecule has 0 saturated carbocycles. The fourth-order valence-electron chi connectivity index (χ4n) is 4.52. The molecule has 5 rings (SSSR count). The first-order valence-corrected chi connectivity index (χ1v) is 12.1. The van der Waals surface area contributed by atoms with Crippen LogP contribution in [0.2, 0.25) is 0 Å². The predicted molar refractivity (Wildman–Crippen MR) is 142 cm³/mol. The van der Waals surface area contributed by atoms with Crippen LogP contribution in [0.4, 0.5) is 4.39 Å². The van der Waals surface area contributed by atoms with Gasteiger partial charge in [-0.15, -0.1) is 0 Å². The molecule has 1 unspecified atom stereocenters. The van der Waals surface area contributed by atoms with Gasteiger partial charge in [-0.05, 0) is 74.0 Å². The van der Waals surface area contributed by atoms with E-state index in [9.17, 15) is 14.0 Å². The van der Waals surface area contributed by atoms with Crippen LogP contribution in [-0.4, -0.2) is 27.5 Å². The second-order valence-corrected chi connectivity index (χ2v) is 9.00. The normalized spacial score (nSPS) is 11.9. The minimum absolute atomic E-state index is 0.0805. The second-order valence-electron chi connectivity index (χ2n) is 9.00. The van der Waals surface area contributed by atoms with Gasteiger partial charge in [-0.1, -0.05) is 24.3 Å². The summed E-state index contributed by atoms with van der Waals surface area (Å²) in [7, 11) is 1.54. The van der Waals surface area contributed by atoms with Crippen LogP contribution in [0.5, 0.6) is 5.75 Å². The molecule has 7 nitrogen and oxygen atoms in total. The number of rotatable bonds is 7. The van der Waals surface area contributed by atoms with Gasteiger partial charge in [0.15, 0.2) is 0 Å². The van der Waals surface area contributed by atoms with Crippen molar-refractivity contribution in [1.82, 2.24) is 14.5 Å². The van der Waals surface area contributed by atoms with Crippen molar-refractivity contribution in [1.29, 1.82) is 0 Å². The minimum Gasteiger partial charge on any atom is -0.495 e. The Bertz CT molecular complexity index is 1680. The number of hydrogen-bond donors (Lipinski definition) is 0. The van der Waals surface area contributed by atoms with Gasteiger partial charge in [0.25, 0.3) is 11.5 Å². The topological polar surface area (TPSA) is 77.6 Å². The van der Waals surface area contributed by atoms with Crippen LogP contribution in [0.1, 0.15) is 40.5 Å². The van der Waals surface area contributed by atoms with Crippen molar-refractivity contribution in [3.63, 3.8) is 0 Å². The zero-order chi connectivity index (χ0) is 26.8. The van der Waals surface area contributed by atoms with Crippen LogP contribution < -0.4 is 10.3 Å². The van der Waals surface area contributed by atoms with Crippen molar-refractivity contribution >= 4 is 16.8 Å². The van der Waals surface area contributed by atoms with Crippen molar-refractivity contribution < 1.29 is 18.3 Å². The van der Waals surface area contributed by atoms with Crippen LogP contribution >= 0.6 is 0 Å². The molecule has 3 aromatic carbocycles. The number of para-hydroxylation sites is 1. The fourth-order valence-corrected chi connectivity index (χ4v) is 4.52. The molecule has 0 aliphatic rings. The van der Waals surface area contributed by atoms with E-state index >= 15 is 0 Å². The van der Waals surface area contributed by atoms with E-state index in [1.165, 1.54) is 41.0 Å². The van der Waals surface area contributed by atoms with Crippen LogP contribution in [0, 0.1) is 12.7 Å². The highest BCUT2D eigenvalue weighted by atomic mass is 19.1. The summed E-state index contributed by atoms with van der Waals surface area (Å²) in [5.41, 5.74) is 1.80. The van der Waals surface area contributed by atoms with Gasteiger partial charge in [-0.2, -0.15) is 0 Å². The molecule has 0 bridgehead atoms. The largest absolute Gasteiger partial charge is 0.495 e. The quantitative estimate of drug-likeness (QED) is 0.274. The average molecular weight is 512 g/mol. The van der Waals surface area contributed by atoms with Gasteiger partial charge in [0, 0.05) is 5.56 Å². The third kappa shape index (κ3) is 4.68. The number of hydrogen-bond acceptors (Lipinski definition) is 5. The first kappa shape index (κ1) is 25.0. The van der Waals surface area contributed by atoms with Crippen LogP contribution in [0.25, 0.3) is 16.6 Å². The molecule has 1 atom stereocenters. The van der Waals surface area contributed by atoms with Crippen LogP contribution in [-0.2, 0) is 6.54 Å². The maximum atomic E-state index is 14.1. The molecule has 192 valence electrons. The molecule has 0 spiro atoms. The van der Waals surface area contributed by atoms with E-state index in [1.54, 1.807) is 55.5 Å². The Labute approximate surface area is 218 Å². The van der Waals surface area contributed by atoms with Gasteiger partial charge in [-0.3, -0.25) is 14.2 Å². The number of ether oxygens (including phenoxy) is 1. The molecular weight excluding hydrogens is 485 g/mol. The van der Waals surface area contributed by atoms with Gasteiger partial charge in [0.05, 0.1) is 42.5 Å². The Hall–Kier alpha value is -4.72. The summed E-state index contributed by atoms with van der Waals surface area (Å²) < 4.78 is 26.7. The number of fused-ring (bicyclic) bond motifs is 1. The van der Waals surface area contributed by atoms with E-state index in [4.69, 9.17) is 14.1 Å². The number of nitrogens with zero attached hydrogens (tertiary/aromatic N) is 3. The van der Waals surface area contributed by atoms with Gasteiger partial charge in [0.2, 0.25) is 0 Å². The van der Waals surface area contributed by atoms with E-state index < -0.39 is 17.8 Å². The maximum Gasteiger partial charge on any atom is 0.266 e. The standard InChI is InChI=1S/C30H26FN3O4/c1-19-13-14-27(37-3)26(16-19)34-28(32-25-12-5-4-11-24(25)30(34)36)20(2)33(18-23-10-7-15-38-23)29(35)21-8-6-9-22(31)17-21/h4-17,20H,18H2,1-3H3. The first-order valence-electron chi connectivity index (χ1n) is 12.1. The van der Waals surface area contributed by atoms with E-state index in [1.807, 2.05) is 19.1 Å². The highest BCUT2D eigenvalue weighted by Crippen LogP contribution is 2.30. The van der Waals surface area contributed by atoms with Crippen LogP contribution in [0.15, 0.2) is 94.3 Å². The number of carbonyl (C=O) groups is 1. The molecule has 2 aromatic heterocycles. The number of amides is 1. The summed E-state index contributed by atoms with van der Waals surface area (Å²) >= 11 is 0. The third-order valence-electron chi connectivity index (χ3n) is 6.46. The van der Waals surface area contributed by atoms with Gasteiger partial charge < -0.3 is 14.1 Å². The summed E-state index contributed by atoms with van der Waals surface area (Å²) in [6, 6.07) is 20.9. The number of benzene rings is 3. The lowest BCUT2D eigenvalue weighted by atomic mass is 10.1. The lowest BCUT2D eigenvalue weighted by Gasteiger charge is -2.30. The zero-order valence-electron chi connectivity index (χ0n) is 21.2. The molecule has 0 aliphatic heterocycles. The Balaban J connectivity index is 1.74. The monoisotopic (exact) mass is 511 g/mol. The smallest absolute Gasteiger partial charge is 0.266 e. The number of furan rings is 1. The van der Waals surface area contributed by atoms with E-state index in [-0.39, 0.29) is 17.7 Å². The summed E-state index contributed by atoms with van der Waals surface area (Å²) in [6.07, 6.45) is 1.52. The lowest BCUT2D eigenvalue weighted by Crippen LogP contribution is -2.37. The number of aromatic nitrogens is 2. The summed E-state index contributed by atoms with van der Waals surface area (Å²) in [4.78, 5) is 34.1. The predicted octanol–water partition coefficient (Wildman–Crippen LogP) is 5.84. The first-order chi connectivity index (χ1) is 18.4. The highest BCUT2D eigenvalue weighted by Gasteiger charge is 2.29. The lowest BCUT2D eigenvalue weighted by molar-refractivity contribution is 0.0648. The number of aryl methyl sites for hydroxylation is 1. The molecule has 0 fully saturated rings. The molecule has 2 heterocycles. The second kappa shape index (κ2) is 10.3. The van der Waals surface area contributed by atoms with Crippen molar-refractivity contribution in [2.75, 3.05) is 7.11 Å². The minimum atomic E-state index is -0.724. The SMILES string of the molecule is COc1ccc(C)cc1-n1c(C(C)N(Cc2ccco2)C(=O)c2cccc(F)c2)nc2ccccc2c1=O. The fraction of sp³-hybridized carbons (Fsp3) is 0.167. The van der Waals surface area contributed by atoms with E-state index in [2.05, 4.69) is 0 Å². The van der Waals surface area contributed by atoms with Crippen molar-refractivity contribution in [2.45, 2.75) is 26.4 Å². The van der Waals surface area contributed by atoms with Gasteiger partial charge >= 0.3 is 0 Å². The molecule has 1 amide bonds. The van der Waals surface area contributed by atoms with Crippen molar-refractivity contribution in [2.24, 2.45) is 0 Å². The molecule has 0 radical (unpaired) electrons. The third-order valence-corrected chi connectivity index (χ3v) is 6.46. The Morgan fingerprint density at radius 1 is 1.08 bits per heavy atom. The molecule has 5 aromatic rings. The molecule has 38 heavy (non-hydrogen) atoms. The van der Waals surface area contributed by atoms with E-state index in [0.29, 0.717) is 33.9 Å². The zero-order valence-corrected chi connectivity index (χ0v) is 21.2. The maximum absolute atomic E-state index is 14.1. The Morgan fingerprint density at radius 3 is 2.63 bits per heavy atom. The molecular formula is C30H26FN3O4. The average Bonchev–Trinajstić information content (AvgIpc) is 3.44. The molecule has 0 N–H and O–H groups in total. The summed E-state index contributed by atoms with van der Waals surface area (Å²) in [5, 5.41) is 0.432. The summed E-state index contributed by atoms with van der Waals surface area (Å²) in [5.74, 6) is 0.390. The molecule has 0 saturated heterocycles. The number of halogens is 1. The summed E-state index contributed by atoms with van der Waals surface area (Å²) in [6.45, 7) is 3.79. The van der Waals surface area contributed by atoms with Gasteiger partial charge in [-0.25, -0.2) is 9.37 Å². The van der Waals surface area contributed by atoms with Crippen molar-refractivity contribution in [3.05, 3.63) is 124 Å². The molecule has 8 heteroatoms. The number of carbonyl (C=O) groups excluding carboxylic acids is 1. The number of methoxy groups -OCH3 is 1. The molecule has 0 aliphatic carbocycles. The van der Waals surface area contributed by atoms with Crippen molar-refractivity contribution in [3.8, 4) is 11.4 Å². The highest BCUT2D eigenvalue weighted by molar-refractivity contribution is 5.94.